The van der Waals surface area contributed by atoms with E-state index in [1.54, 1.807) is 0 Å². The lowest BCUT2D eigenvalue weighted by atomic mass is 10.2. The molecule has 1 heterocycles. The van der Waals surface area contributed by atoms with Crippen LogP contribution in [0.1, 0.15) is 29.7 Å². The minimum absolute atomic E-state index is 0.316. The lowest BCUT2D eigenvalue weighted by molar-refractivity contribution is -0.161. The molecular formula is C9H14O2. The predicted octanol–water partition coefficient (Wildman–Crippen LogP) is 1.55. The van der Waals surface area contributed by atoms with Gasteiger partial charge in [0.05, 0.1) is 6.61 Å². The van der Waals surface area contributed by atoms with Crippen LogP contribution in [0.4, 0.5) is 0 Å². The van der Waals surface area contributed by atoms with Crippen LogP contribution in [0, 0.1) is 12.3 Å². The van der Waals surface area contributed by atoms with Crippen LogP contribution in [0.25, 0.3) is 0 Å². The Hall–Kier alpha value is -0.520. The Balaban J connectivity index is 2.29. The first-order valence-corrected chi connectivity index (χ1v) is 3.79. The zero-order chi connectivity index (χ0) is 10.4. The maximum atomic E-state index is 7.61. The lowest BCUT2D eigenvalue weighted by Gasteiger charge is -2.22. The Morgan fingerprint density at radius 1 is 1.82 bits per heavy atom. The van der Waals surface area contributed by atoms with Gasteiger partial charge in [-0.25, -0.2) is 0 Å². The van der Waals surface area contributed by atoms with E-state index < -0.39 is 12.7 Å². The van der Waals surface area contributed by atoms with Crippen LogP contribution >= 0.6 is 0 Å². The molecule has 1 fully saturated rings. The molecule has 2 nitrogen and oxygen atoms in total. The van der Waals surface area contributed by atoms with Crippen molar-refractivity contribution in [3.05, 3.63) is 0 Å². The zero-order valence-electron chi connectivity index (χ0n) is 9.43. The van der Waals surface area contributed by atoms with Gasteiger partial charge in [-0.05, 0) is 19.2 Å². The van der Waals surface area contributed by atoms with Gasteiger partial charge in [0.15, 0.2) is 6.29 Å². The zero-order valence-corrected chi connectivity index (χ0v) is 6.43. The van der Waals surface area contributed by atoms with Gasteiger partial charge in [0.2, 0.25) is 0 Å². The Morgan fingerprint density at radius 2 is 2.82 bits per heavy atom. The fourth-order valence-electron chi connectivity index (χ4n) is 0.865. The molecule has 0 amide bonds. The molecule has 0 aliphatic carbocycles. The molecule has 0 aromatic heterocycles. The Kier molecular flexibility index (Phi) is 2.44. The fraction of sp³-hybridized carbons (Fsp3) is 0.778. The standard InChI is InChI=1S/C9H14O2/c1-2-3-7-10-9-6-4-5-8-11-9/h1,9H,3-8H2/i1D,6D2. The SMILES string of the molecule is [2H]C#CCCOC1OCCCC1([2H])[2H]. The smallest absolute Gasteiger partial charge is 0.157 e. The summed E-state index contributed by atoms with van der Waals surface area (Å²) in [4.78, 5) is 0. The Labute approximate surface area is 72.1 Å². The Bertz CT molecular complexity index is 232. The molecular weight excluding hydrogens is 140 g/mol. The molecule has 0 bridgehead atoms. The van der Waals surface area contributed by atoms with Crippen molar-refractivity contribution >= 4 is 0 Å². The molecule has 2 heteroatoms. The molecule has 1 saturated heterocycles. The van der Waals surface area contributed by atoms with Crippen molar-refractivity contribution < 1.29 is 13.6 Å². The van der Waals surface area contributed by atoms with Crippen LogP contribution in [-0.2, 0) is 9.47 Å². The van der Waals surface area contributed by atoms with E-state index in [0.29, 0.717) is 26.1 Å². The molecule has 0 saturated carbocycles. The maximum absolute atomic E-state index is 7.61. The average Bonchev–Trinajstić information content (AvgIpc) is 2.14. The van der Waals surface area contributed by atoms with E-state index in [1.165, 1.54) is 0 Å². The van der Waals surface area contributed by atoms with E-state index in [4.69, 9.17) is 13.6 Å². The number of rotatable bonds is 3. The highest BCUT2D eigenvalue weighted by Gasteiger charge is 2.12. The number of hydrogen-bond acceptors (Lipinski definition) is 2. The molecule has 1 unspecified atom stereocenters. The van der Waals surface area contributed by atoms with Gasteiger partial charge in [-0.1, -0.05) is 0 Å². The molecule has 0 spiro atoms. The van der Waals surface area contributed by atoms with Crippen molar-refractivity contribution in [2.75, 3.05) is 13.2 Å². The van der Waals surface area contributed by atoms with Crippen molar-refractivity contribution in [2.24, 2.45) is 0 Å². The summed E-state index contributed by atoms with van der Waals surface area (Å²) < 4.78 is 32.2. The quantitative estimate of drug-likeness (QED) is 0.457. The third-order valence-corrected chi connectivity index (χ3v) is 1.40. The van der Waals surface area contributed by atoms with Gasteiger partial charge in [0.1, 0.15) is 1.37 Å². The summed E-state index contributed by atoms with van der Waals surface area (Å²) in [6, 6.07) is 0. The van der Waals surface area contributed by atoms with Crippen molar-refractivity contribution in [1.82, 2.24) is 0 Å². The third kappa shape index (κ3) is 3.41. The normalized spacial score (nSPS) is 32.4. The summed E-state index contributed by atoms with van der Waals surface area (Å²) in [5.41, 5.74) is 0. The molecule has 0 radical (unpaired) electrons. The molecule has 1 rings (SSSR count). The molecule has 1 atom stereocenters. The minimum Gasteiger partial charge on any atom is -0.353 e. The van der Waals surface area contributed by atoms with E-state index in [-0.39, 0.29) is 0 Å². The van der Waals surface area contributed by atoms with Gasteiger partial charge in [-0.2, -0.15) is 0 Å². The van der Waals surface area contributed by atoms with Crippen LogP contribution in [0.5, 0.6) is 0 Å². The van der Waals surface area contributed by atoms with Gasteiger partial charge < -0.3 is 9.47 Å². The molecule has 0 aromatic rings. The van der Waals surface area contributed by atoms with Crippen LogP contribution in [0.2, 0.25) is 0 Å². The maximum Gasteiger partial charge on any atom is 0.157 e. The van der Waals surface area contributed by atoms with Gasteiger partial charge >= 0.3 is 0 Å². The first-order valence-electron chi connectivity index (χ1n) is 5.29. The molecule has 1 aliphatic rings. The van der Waals surface area contributed by atoms with E-state index in [0.717, 1.165) is 6.42 Å². The second-order valence-electron chi connectivity index (χ2n) is 2.31. The highest BCUT2D eigenvalue weighted by atomic mass is 16.7. The largest absolute Gasteiger partial charge is 0.353 e. The molecule has 0 N–H and O–H groups in total. The van der Waals surface area contributed by atoms with Crippen LogP contribution in [0.3, 0.4) is 0 Å². The first kappa shape index (κ1) is 5.18. The van der Waals surface area contributed by atoms with E-state index in [2.05, 4.69) is 5.92 Å². The average molecular weight is 157 g/mol. The first-order chi connectivity index (χ1) is 6.67. The van der Waals surface area contributed by atoms with Gasteiger partial charge in [0.25, 0.3) is 0 Å². The highest BCUT2D eigenvalue weighted by Crippen LogP contribution is 2.13. The minimum atomic E-state index is -1.40. The molecule has 1 aliphatic heterocycles. The predicted molar refractivity (Wildman–Crippen MR) is 43.0 cm³/mol. The van der Waals surface area contributed by atoms with Crippen LogP contribution in [0.15, 0.2) is 0 Å². The number of terminal acetylenes is 1. The summed E-state index contributed by atoms with van der Waals surface area (Å²) in [6.45, 7) is 0.865. The lowest BCUT2D eigenvalue weighted by Crippen LogP contribution is -2.22. The molecule has 0 aromatic carbocycles. The van der Waals surface area contributed by atoms with E-state index in [9.17, 15) is 0 Å². The third-order valence-electron chi connectivity index (χ3n) is 1.40. The fourth-order valence-corrected chi connectivity index (χ4v) is 0.865. The van der Waals surface area contributed by atoms with E-state index in [1.807, 2.05) is 6.40 Å². The summed E-state index contributed by atoms with van der Waals surface area (Å²) in [7, 11) is 0. The summed E-state index contributed by atoms with van der Waals surface area (Å²) in [5.74, 6) is 2.53. The molecule has 11 heavy (non-hydrogen) atoms. The van der Waals surface area contributed by atoms with Crippen molar-refractivity contribution in [3.63, 3.8) is 0 Å². The van der Waals surface area contributed by atoms with Crippen LogP contribution < -0.4 is 0 Å². The second-order valence-corrected chi connectivity index (χ2v) is 2.31. The second kappa shape index (κ2) is 5.17. The summed E-state index contributed by atoms with van der Waals surface area (Å²) in [5, 5.41) is 0. The van der Waals surface area contributed by atoms with E-state index >= 15 is 0 Å². The summed E-state index contributed by atoms with van der Waals surface area (Å²) >= 11 is 0. The number of ether oxygens (including phenoxy) is 2. The highest BCUT2D eigenvalue weighted by molar-refractivity contribution is 4.82. The van der Waals surface area contributed by atoms with Gasteiger partial charge in [-0.15, -0.1) is 12.3 Å². The molecule has 62 valence electrons. The number of hydrogen-bond donors (Lipinski definition) is 0. The van der Waals surface area contributed by atoms with Crippen molar-refractivity contribution in [1.29, 1.82) is 0 Å². The topological polar surface area (TPSA) is 18.5 Å². The van der Waals surface area contributed by atoms with Crippen molar-refractivity contribution in [2.45, 2.75) is 31.9 Å². The Morgan fingerprint density at radius 3 is 3.64 bits per heavy atom. The van der Waals surface area contributed by atoms with Crippen molar-refractivity contribution in [3.8, 4) is 12.3 Å². The van der Waals surface area contributed by atoms with Gasteiger partial charge in [-0.3, -0.25) is 0 Å². The summed E-state index contributed by atoms with van der Waals surface area (Å²) in [6.07, 6.45) is 1.49. The van der Waals surface area contributed by atoms with Gasteiger partial charge in [0, 0.05) is 15.8 Å². The van der Waals surface area contributed by atoms with Crippen LogP contribution in [-0.4, -0.2) is 19.5 Å². The monoisotopic (exact) mass is 157 g/mol.